The van der Waals surface area contributed by atoms with Gasteiger partial charge in [0.1, 0.15) is 11.4 Å². The molecule has 39 heavy (non-hydrogen) atoms. The first-order valence-electron chi connectivity index (χ1n) is 13.2. The second-order valence-electron chi connectivity index (χ2n) is 9.84. The lowest BCUT2D eigenvalue weighted by molar-refractivity contribution is -0.137. The van der Waals surface area contributed by atoms with Crippen molar-refractivity contribution >= 4 is 29.0 Å². The van der Waals surface area contributed by atoms with Crippen LogP contribution in [0.3, 0.4) is 0 Å². The standard InChI is InChI=1S/C26H36F3N7O3/c1-18(37)20-16-19(35-11-9-34(2)10-12-35)4-5-22(20)32-25-31-17-21(26(27,28)29)24(33-25)30-7-3-8-36-13-15-39-14-6-23(36)38/h4-5,16-18,37H,3,6-15H2,1-2H3,(H2,30,31,32,33). The van der Waals surface area contributed by atoms with Crippen LogP contribution in [0.2, 0.25) is 0 Å². The number of ether oxygens (including phenoxy) is 1. The molecule has 1 aromatic carbocycles. The van der Waals surface area contributed by atoms with Gasteiger partial charge in [0.2, 0.25) is 11.9 Å². The van der Waals surface area contributed by atoms with E-state index in [0.717, 1.165) is 38.1 Å². The third-order valence-corrected chi connectivity index (χ3v) is 6.91. The van der Waals surface area contributed by atoms with Crippen molar-refractivity contribution in [3.05, 3.63) is 35.5 Å². The number of hydrogen-bond acceptors (Lipinski definition) is 9. The molecule has 0 spiro atoms. The highest BCUT2D eigenvalue weighted by atomic mass is 19.4. The Morgan fingerprint density at radius 2 is 1.92 bits per heavy atom. The summed E-state index contributed by atoms with van der Waals surface area (Å²) >= 11 is 0. The molecule has 0 aliphatic carbocycles. The van der Waals surface area contributed by atoms with Crippen molar-refractivity contribution in [2.75, 3.05) is 81.6 Å². The minimum Gasteiger partial charge on any atom is -0.389 e. The summed E-state index contributed by atoms with van der Waals surface area (Å²) in [6.45, 7) is 7.11. The largest absolute Gasteiger partial charge is 0.421 e. The Morgan fingerprint density at radius 1 is 1.15 bits per heavy atom. The first-order valence-corrected chi connectivity index (χ1v) is 13.2. The fourth-order valence-corrected chi connectivity index (χ4v) is 4.61. The predicted octanol–water partition coefficient (Wildman–Crippen LogP) is 3.10. The maximum Gasteiger partial charge on any atom is 0.421 e. The first-order chi connectivity index (χ1) is 18.6. The molecular formula is C26H36F3N7O3. The van der Waals surface area contributed by atoms with Crippen LogP contribution in [0.1, 0.15) is 37.0 Å². The van der Waals surface area contributed by atoms with Crippen LogP contribution >= 0.6 is 0 Å². The number of anilines is 4. The highest BCUT2D eigenvalue weighted by molar-refractivity contribution is 5.76. The van der Waals surface area contributed by atoms with Crippen LogP contribution in [0.15, 0.2) is 24.4 Å². The number of alkyl halides is 3. The van der Waals surface area contributed by atoms with Crippen molar-refractivity contribution in [3.63, 3.8) is 0 Å². The fraction of sp³-hybridized carbons (Fsp3) is 0.577. The summed E-state index contributed by atoms with van der Waals surface area (Å²) in [5.41, 5.74) is 1.09. The lowest BCUT2D eigenvalue weighted by atomic mass is 10.1. The number of aromatic nitrogens is 2. The molecule has 13 heteroatoms. The van der Waals surface area contributed by atoms with Crippen LogP contribution in [0.25, 0.3) is 0 Å². The molecular weight excluding hydrogens is 515 g/mol. The van der Waals surface area contributed by atoms with E-state index in [0.29, 0.717) is 50.4 Å². The molecule has 3 heterocycles. The minimum atomic E-state index is -4.64. The molecule has 1 aromatic heterocycles. The average molecular weight is 552 g/mol. The van der Waals surface area contributed by atoms with Crippen LogP contribution in [-0.2, 0) is 15.7 Å². The molecule has 2 aromatic rings. The molecule has 1 unspecified atom stereocenters. The zero-order chi connectivity index (χ0) is 28.0. The van der Waals surface area contributed by atoms with E-state index in [2.05, 4.69) is 37.4 Å². The number of hydrogen-bond donors (Lipinski definition) is 3. The molecule has 2 aliphatic rings. The fourth-order valence-electron chi connectivity index (χ4n) is 4.61. The van der Waals surface area contributed by atoms with E-state index in [1.165, 1.54) is 0 Å². The van der Waals surface area contributed by atoms with Crippen LogP contribution in [0.4, 0.5) is 36.3 Å². The lowest BCUT2D eigenvalue weighted by Crippen LogP contribution is -2.44. The minimum absolute atomic E-state index is 0.0236. The van der Waals surface area contributed by atoms with Crippen molar-refractivity contribution < 1.29 is 27.8 Å². The normalized spacial score (nSPS) is 18.2. The molecule has 3 N–H and O–H groups in total. The van der Waals surface area contributed by atoms with Gasteiger partial charge in [-0.3, -0.25) is 4.79 Å². The summed E-state index contributed by atoms with van der Waals surface area (Å²) in [5, 5.41) is 16.2. The van der Waals surface area contributed by atoms with Gasteiger partial charge in [-0.25, -0.2) is 4.98 Å². The number of likely N-dealkylation sites (N-methyl/N-ethyl adjacent to an activating group) is 1. The Hall–Kier alpha value is -3.16. The smallest absolute Gasteiger partial charge is 0.389 e. The summed E-state index contributed by atoms with van der Waals surface area (Å²) in [6, 6.07) is 5.58. The molecule has 1 amide bonds. The molecule has 0 bridgehead atoms. The summed E-state index contributed by atoms with van der Waals surface area (Å²) < 4.78 is 46.3. The van der Waals surface area contributed by atoms with Crippen LogP contribution in [0, 0.1) is 0 Å². The maximum absolute atomic E-state index is 13.7. The molecule has 0 saturated carbocycles. The second-order valence-corrected chi connectivity index (χ2v) is 9.84. The number of nitrogens with zero attached hydrogens (tertiary/aromatic N) is 5. The maximum atomic E-state index is 13.7. The third kappa shape index (κ3) is 7.70. The Bertz CT molecular complexity index is 1120. The molecule has 4 rings (SSSR count). The highest BCUT2D eigenvalue weighted by Gasteiger charge is 2.35. The highest BCUT2D eigenvalue weighted by Crippen LogP contribution is 2.35. The van der Waals surface area contributed by atoms with Crippen molar-refractivity contribution in [2.45, 2.75) is 32.0 Å². The van der Waals surface area contributed by atoms with Gasteiger partial charge in [-0.2, -0.15) is 18.2 Å². The Balaban J connectivity index is 1.47. The van der Waals surface area contributed by atoms with Gasteiger partial charge in [-0.15, -0.1) is 0 Å². The summed E-state index contributed by atoms with van der Waals surface area (Å²) in [6.07, 6.45) is -3.98. The Kier molecular flexibility index (Phi) is 9.46. The molecule has 2 aliphatic heterocycles. The molecule has 10 nitrogen and oxygen atoms in total. The van der Waals surface area contributed by atoms with E-state index in [4.69, 9.17) is 4.74 Å². The van der Waals surface area contributed by atoms with Gasteiger partial charge >= 0.3 is 6.18 Å². The van der Waals surface area contributed by atoms with Gasteiger partial charge in [-0.1, -0.05) is 0 Å². The second kappa shape index (κ2) is 12.8. The average Bonchev–Trinajstić information content (AvgIpc) is 3.10. The number of amides is 1. The SMILES string of the molecule is CC(O)c1cc(N2CCN(C)CC2)ccc1Nc1ncc(C(F)(F)F)c(NCCCN2CCOCCC2=O)n1. The Morgan fingerprint density at radius 3 is 2.64 bits per heavy atom. The van der Waals surface area contributed by atoms with E-state index in [-0.39, 0.29) is 24.2 Å². The third-order valence-electron chi connectivity index (χ3n) is 6.91. The van der Waals surface area contributed by atoms with Gasteiger partial charge in [0.05, 0.1) is 25.7 Å². The number of carbonyl (C=O) groups excluding carboxylic acids is 1. The number of piperazine rings is 1. The van der Waals surface area contributed by atoms with Crippen molar-refractivity contribution in [3.8, 4) is 0 Å². The summed E-state index contributed by atoms with van der Waals surface area (Å²) in [4.78, 5) is 26.3. The van der Waals surface area contributed by atoms with E-state index < -0.39 is 17.8 Å². The van der Waals surface area contributed by atoms with E-state index in [1.807, 2.05) is 12.1 Å². The summed E-state index contributed by atoms with van der Waals surface area (Å²) in [7, 11) is 2.07. The molecule has 2 saturated heterocycles. The quantitative estimate of drug-likeness (QED) is 0.406. The van der Waals surface area contributed by atoms with Crippen LogP contribution in [0.5, 0.6) is 0 Å². The number of rotatable bonds is 9. The van der Waals surface area contributed by atoms with Gasteiger partial charge in [0.25, 0.3) is 0 Å². The monoisotopic (exact) mass is 551 g/mol. The number of aliphatic hydroxyl groups is 1. The van der Waals surface area contributed by atoms with Crippen molar-refractivity contribution in [1.82, 2.24) is 19.8 Å². The topological polar surface area (TPSA) is 106 Å². The predicted molar refractivity (Wildman–Crippen MR) is 142 cm³/mol. The van der Waals surface area contributed by atoms with Crippen LogP contribution < -0.4 is 15.5 Å². The molecule has 0 radical (unpaired) electrons. The number of aliphatic hydroxyl groups excluding tert-OH is 1. The van der Waals surface area contributed by atoms with Crippen molar-refractivity contribution in [2.24, 2.45) is 0 Å². The van der Waals surface area contributed by atoms with E-state index in [1.54, 1.807) is 17.9 Å². The van der Waals surface area contributed by atoms with Gasteiger partial charge < -0.3 is 35.2 Å². The van der Waals surface area contributed by atoms with Gasteiger partial charge in [0, 0.05) is 68.9 Å². The number of carbonyl (C=O) groups is 1. The molecule has 2 fully saturated rings. The zero-order valence-electron chi connectivity index (χ0n) is 22.3. The number of halogens is 3. The van der Waals surface area contributed by atoms with Crippen LogP contribution in [-0.4, -0.2) is 96.9 Å². The Labute approximate surface area is 226 Å². The summed E-state index contributed by atoms with van der Waals surface area (Å²) in [5.74, 6) is -0.401. The van der Waals surface area contributed by atoms with E-state index >= 15 is 0 Å². The molecule has 1 atom stereocenters. The number of benzene rings is 1. The van der Waals surface area contributed by atoms with Gasteiger partial charge in [0.15, 0.2) is 0 Å². The molecule has 214 valence electrons. The lowest BCUT2D eigenvalue weighted by Gasteiger charge is -2.34. The van der Waals surface area contributed by atoms with E-state index in [9.17, 15) is 23.1 Å². The zero-order valence-corrected chi connectivity index (χ0v) is 22.3. The first kappa shape index (κ1) is 28.8. The number of nitrogens with one attached hydrogen (secondary N) is 2. The van der Waals surface area contributed by atoms with Crippen molar-refractivity contribution in [1.29, 1.82) is 0 Å². The van der Waals surface area contributed by atoms with Gasteiger partial charge in [-0.05, 0) is 38.6 Å².